The van der Waals surface area contributed by atoms with Crippen LogP contribution in [0.15, 0.2) is 42.5 Å². The van der Waals surface area contributed by atoms with Crippen molar-refractivity contribution in [2.45, 2.75) is 13.5 Å². The third kappa shape index (κ3) is 3.32. The Morgan fingerprint density at radius 3 is 2.47 bits per heavy atom. The van der Waals surface area contributed by atoms with Crippen LogP contribution in [0, 0.1) is 5.82 Å². The summed E-state index contributed by atoms with van der Waals surface area (Å²) in [5.74, 6) is 0.424. The molecule has 19 heavy (non-hydrogen) atoms. The summed E-state index contributed by atoms with van der Waals surface area (Å²) >= 11 is 0. The largest absolute Gasteiger partial charge is 0.496 e. The summed E-state index contributed by atoms with van der Waals surface area (Å²) in [7, 11) is 1.59. The quantitative estimate of drug-likeness (QED) is 0.885. The van der Waals surface area contributed by atoms with Gasteiger partial charge in [-0.05, 0) is 35.9 Å². The van der Waals surface area contributed by atoms with E-state index in [1.165, 1.54) is 17.7 Å². The van der Waals surface area contributed by atoms with Crippen LogP contribution in [0.5, 0.6) is 5.75 Å². The fraction of sp³-hybridized carbons (Fsp3) is 0.250. The van der Waals surface area contributed by atoms with E-state index in [1.54, 1.807) is 13.2 Å². The molecule has 0 aliphatic heterocycles. The molecule has 2 aromatic rings. The molecule has 0 amide bonds. The van der Waals surface area contributed by atoms with Crippen LogP contribution in [0.1, 0.15) is 12.5 Å². The van der Waals surface area contributed by atoms with E-state index in [4.69, 9.17) is 4.74 Å². The van der Waals surface area contributed by atoms with Gasteiger partial charge in [-0.1, -0.05) is 31.2 Å². The molecule has 0 aliphatic rings. The van der Waals surface area contributed by atoms with E-state index >= 15 is 0 Å². The average molecular weight is 259 g/mol. The summed E-state index contributed by atoms with van der Waals surface area (Å²) < 4.78 is 18.6. The van der Waals surface area contributed by atoms with Crippen LogP contribution >= 0.6 is 0 Å². The molecular formula is C16H18FNO. The number of benzene rings is 2. The molecule has 0 aromatic heterocycles. The van der Waals surface area contributed by atoms with Gasteiger partial charge >= 0.3 is 0 Å². The zero-order valence-corrected chi connectivity index (χ0v) is 11.2. The summed E-state index contributed by atoms with van der Waals surface area (Å²) in [5.41, 5.74) is 2.94. The van der Waals surface area contributed by atoms with Crippen molar-refractivity contribution in [2.75, 3.05) is 13.7 Å². The molecule has 0 bridgehead atoms. The zero-order valence-electron chi connectivity index (χ0n) is 11.2. The fourth-order valence-corrected chi connectivity index (χ4v) is 1.98. The molecule has 0 heterocycles. The predicted molar refractivity (Wildman–Crippen MR) is 75.8 cm³/mol. The van der Waals surface area contributed by atoms with Crippen molar-refractivity contribution in [3.05, 3.63) is 53.8 Å². The number of halogens is 1. The van der Waals surface area contributed by atoms with Gasteiger partial charge < -0.3 is 10.1 Å². The Morgan fingerprint density at radius 1 is 1.11 bits per heavy atom. The zero-order chi connectivity index (χ0) is 13.7. The first kappa shape index (κ1) is 13.6. The van der Waals surface area contributed by atoms with Crippen LogP contribution in [0.25, 0.3) is 11.1 Å². The van der Waals surface area contributed by atoms with Crippen molar-refractivity contribution in [1.29, 1.82) is 0 Å². The molecule has 0 radical (unpaired) electrons. The van der Waals surface area contributed by atoms with Crippen LogP contribution in [-0.2, 0) is 6.54 Å². The van der Waals surface area contributed by atoms with Gasteiger partial charge in [-0.2, -0.15) is 0 Å². The molecule has 2 aromatic carbocycles. The van der Waals surface area contributed by atoms with Gasteiger partial charge in [0, 0.05) is 12.1 Å². The molecule has 100 valence electrons. The number of nitrogens with one attached hydrogen (secondary N) is 1. The maximum Gasteiger partial charge on any atom is 0.126 e. The van der Waals surface area contributed by atoms with Crippen molar-refractivity contribution in [2.24, 2.45) is 0 Å². The van der Waals surface area contributed by atoms with Crippen LogP contribution < -0.4 is 10.1 Å². The minimum absolute atomic E-state index is 0.257. The lowest BCUT2D eigenvalue weighted by Gasteiger charge is -2.09. The van der Waals surface area contributed by atoms with Crippen LogP contribution in [0.4, 0.5) is 4.39 Å². The van der Waals surface area contributed by atoms with E-state index in [2.05, 4.69) is 12.2 Å². The van der Waals surface area contributed by atoms with Gasteiger partial charge in [-0.25, -0.2) is 4.39 Å². The first-order chi connectivity index (χ1) is 9.24. The molecule has 2 nitrogen and oxygen atoms in total. The van der Waals surface area contributed by atoms with Gasteiger partial charge in [0.15, 0.2) is 0 Å². The molecule has 3 heteroatoms. The molecule has 0 saturated carbocycles. The van der Waals surface area contributed by atoms with Crippen LogP contribution in [0.3, 0.4) is 0 Å². The Labute approximate surface area is 113 Å². The summed E-state index contributed by atoms with van der Waals surface area (Å²) in [5, 5.41) is 3.27. The van der Waals surface area contributed by atoms with E-state index in [9.17, 15) is 4.39 Å². The second-order valence-electron chi connectivity index (χ2n) is 4.32. The second-order valence-corrected chi connectivity index (χ2v) is 4.32. The maximum atomic E-state index is 13.3. The van der Waals surface area contributed by atoms with E-state index in [0.29, 0.717) is 5.75 Å². The molecule has 0 unspecified atom stereocenters. The van der Waals surface area contributed by atoms with Crippen LogP contribution in [0.2, 0.25) is 0 Å². The molecule has 1 N–H and O–H groups in total. The minimum Gasteiger partial charge on any atom is -0.496 e. The van der Waals surface area contributed by atoms with Crippen LogP contribution in [-0.4, -0.2) is 13.7 Å². The smallest absolute Gasteiger partial charge is 0.126 e. The van der Waals surface area contributed by atoms with Gasteiger partial charge in [-0.3, -0.25) is 0 Å². The standard InChI is InChI=1S/C16H18FNO/c1-3-18-11-12-4-6-13(7-5-12)15-10-14(17)8-9-16(15)19-2/h4-10,18H,3,11H2,1-2H3. The third-order valence-electron chi connectivity index (χ3n) is 3.01. The van der Waals surface area contributed by atoms with E-state index < -0.39 is 0 Å². The van der Waals surface area contributed by atoms with Crippen molar-refractivity contribution < 1.29 is 9.13 Å². The number of methoxy groups -OCH3 is 1. The first-order valence-corrected chi connectivity index (χ1v) is 6.38. The van der Waals surface area contributed by atoms with Gasteiger partial charge in [0.25, 0.3) is 0 Å². The number of rotatable bonds is 5. The van der Waals surface area contributed by atoms with Crippen molar-refractivity contribution in [3.63, 3.8) is 0 Å². The molecule has 0 atom stereocenters. The summed E-state index contributed by atoms with van der Waals surface area (Å²) in [4.78, 5) is 0. The SMILES string of the molecule is CCNCc1ccc(-c2cc(F)ccc2OC)cc1. The highest BCUT2D eigenvalue weighted by atomic mass is 19.1. The number of ether oxygens (including phenoxy) is 1. The minimum atomic E-state index is -0.257. The Bertz CT molecular complexity index is 537. The first-order valence-electron chi connectivity index (χ1n) is 6.38. The van der Waals surface area contributed by atoms with Gasteiger partial charge in [0.1, 0.15) is 11.6 Å². The topological polar surface area (TPSA) is 21.3 Å². The Kier molecular flexibility index (Phi) is 4.53. The monoisotopic (exact) mass is 259 g/mol. The highest BCUT2D eigenvalue weighted by Gasteiger charge is 2.07. The lowest BCUT2D eigenvalue weighted by molar-refractivity contribution is 0.415. The third-order valence-corrected chi connectivity index (χ3v) is 3.01. The highest BCUT2D eigenvalue weighted by molar-refractivity contribution is 5.70. The fourth-order valence-electron chi connectivity index (χ4n) is 1.98. The molecule has 0 fully saturated rings. The summed E-state index contributed by atoms with van der Waals surface area (Å²) in [6, 6.07) is 12.6. The Morgan fingerprint density at radius 2 is 1.84 bits per heavy atom. The van der Waals surface area contributed by atoms with Gasteiger partial charge in [0.2, 0.25) is 0 Å². The van der Waals surface area contributed by atoms with Crippen molar-refractivity contribution >= 4 is 0 Å². The lowest BCUT2D eigenvalue weighted by atomic mass is 10.0. The highest BCUT2D eigenvalue weighted by Crippen LogP contribution is 2.30. The number of hydrogen-bond acceptors (Lipinski definition) is 2. The molecule has 0 aliphatic carbocycles. The molecule has 2 rings (SSSR count). The molecular weight excluding hydrogens is 241 g/mol. The average Bonchev–Trinajstić information content (AvgIpc) is 2.45. The van der Waals surface area contributed by atoms with Crippen molar-refractivity contribution in [1.82, 2.24) is 5.32 Å². The van der Waals surface area contributed by atoms with Crippen molar-refractivity contribution in [3.8, 4) is 16.9 Å². The molecule has 0 spiro atoms. The predicted octanol–water partition coefficient (Wildman–Crippen LogP) is 3.61. The van der Waals surface area contributed by atoms with E-state index in [-0.39, 0.29) is 5.82 Å². The van der Waals surface area contributed by atoms with E-state index in [0.717, 1.165) is 24.2 Å². The van der Waals surface area contributed by atoms with E-state index in [1.807, 2.05) is 24.3 Å². The Balaban J connectivity index is 2.29. The molecule has 0 saturated heterocycles. The normalized spacial score (nSPS) is 10.5. The summed E-state index contributed by atoms with van der Waals surface area (Å²) in [6.45, 7) is 3.86. The Hall–Kier alpha value is -1.87. The summed E-state index contributed by atoms with van der Waals surface area (Å²) in [6.07, 6.45) is 0. The lowest BCUT2D eigenvalue weighted by Crippen LogP contribution is -2.11. The van der Waals surface area contributed by atoms with Gasteiger partial charge in [-0.15, -0.1) is 0 Å². The maximum absolute atomic E-state index is 13.3. The second kappa shape index (κ2) is 6.34. The van der Waals surface area contributed by atoms with Gasteiger partial charge in [0.05, 0.1) is 7.11 Å². The number of hydrogen-bond donors (Lipinski definition) is 1.